The average Bonchev–Trinajstić information content (AvgIpc) is 2.89. The lowest BCUT2D eigenvalue weighted by Gasteiger charge is -2.36. The molecule has 0 atom stereocenters. The molecule has 1 aromatic carbocycles. The van der Waals surface area contributed by atoms with Crippen LogP contribution < -0.4 is 0 Å². The van der Waals surface area contributed by atoms with Crippen LogP contribution in [0.5, 0.6) is 0 Å². The molecule has 0 aliphatic rings. The van der Waals surface area contributed by atoms with Gasteiger partial charge < -0.3 is 8.99 Å². The molecule has 0 saturated heterocycles. The highest BCUT2D eigenvalue weighted by molar-refractivity contribution is 6.74. The summed E-state index contributed by atoms with van der Waals surface area (Å²) in [5, 5.41) is 1.46. The molecule has 0 unspecified atom stereocenters. The van der Waals surface area contributed by atoms with Crippen molar-refractivity contribution in [3.05, 3.63) is 54.4 Å². The van der Waals surface area contributed by atoms with Crippen LogP contribution in [0.3, 0.4) is 0 Å². The molecule has 132 valence electrons. The van der Waals surface area contributed by atoms with Crippen molar-refractivity contribution in [2.24, 2.45) is 7.05 Å². The van der Waals surface area contributed by atoms with E-state index in [2.05, 4.69) is 86.9 Å². The fourth-order valence-corrected chi connectivity index (χ4v) is 3.75. The van der Waals surface area contributed by atoms with E-state index in [0.29, 0.717) is 6.61 Å². The zero-order valence-electron chi connectivity index (χ0n) is 16.1. The Bertz CT molecular complexity index is 890. The normalized spacial score (nSPS) is 12.7. The van der Waals surface area contributed by atoms with E-state index in [0.717, 1.165) is 5.56 Å². The minimum absolute atomic E-state index is 0.208. The van der Waals surface area contributed by atoms with Crippen LogP contribution in [0.1, 0.15) is 26.3 Å². The fourth-order valence-electron chi connectivity index (χ4n) is 2.80. The van der Waals surface area contributed by atoms with Gasteiger partial charge in [0, 0.05) is 35.9 Å². The molecule has 4 heteroatoms. The van der Waals surface area contributed by atoms with Gasteiger partial charge in [0.2, 0.25) is 0 Å². The van der Waals surface area contributed by atoms with Gasteiger partial charge in [-0.1, -0.05) is 39.0 Å². The van der Waals surface area contributed by atoms with Gasteiger partial charge in [-0.05, 0) is 41.9 Å². The summed E-state index contributed by atoms with van der Waals surface area (Å²) < 4.78 is 8.70. The summed E-state index contributed by atoms with van der Waals surface area (Å²) in [7, 11) is 0.330. The Balaban J connectivity index is 1.97. The van der Waals surface area contributed by atoms with Crippen LogP contribution >= 0.6 is 0 Å². The summed E-state index contributed by atoms with van der Waals surface area (Å²) in [6.45, 7) is 12.1. The van der Waals surface area contributed by atoms with Gasteiger partial charge in [-0.15, -0.1) is 0 Å². The van der Waals surface area contributed by atoms with E-state index >= 15 is 0 Å². The summed E-state index contributed by atoms with van der Waals surface area (Å²) in [5.74, 6) is 0. The number of rotatable bonds is 4. The topological polar surface area (TPSA) is 27.1 Å². The zero-order chi connectivity index (χ0) is 18.2. The van der Waals surface area contributed by atoms with Crippen molar-refractivity contribution in [2.45, 2.75) is 45.5 Å². The second kappa shape index (κ2) is 6.43. The van der Waals surface area contributed by atoms with E-state index in [4.69, 9.17) is 4.43 Å². The van der Waals surface area contributed by atoms with E-state index in [1.165, 1.54) is 22.2 Å². The van der Waals surface area contributed by atoms with E-state index in [1.807, 2.05) is 12.4 Å². The monoisotopic (exact) mass is 352 g/mol. The van der Waals surface area contributed by atoms with E-state index < -0.39 is 8.32 Å². The summed E-state index contributed by atoms with van der Waals surface area (Å²) in [4.78, 5) is 4.37. The molecule has 3 rings (SSSR count). The van der Waals surface area contributed by atoms with E-state index in [1.54, 1.807) is 0 Å². The van der Waals surface area contributed by atoms with E-state index in [-0.39, 0.29) is 5.04 Å². The van der Waals surface area contributed by atoms with Crippen molar-refractivity contribution >= 4 is 19.2 Å². The Kier molecular flexibility index (Phi) is 4.60. The van der Waals surface area contributed by atoms with Crippen molar-refractivity contribution in [1.29, 1.82) is 0 Å². The third kappa shape index (κ3) is 3.41. The second-order valence-electron chi connectivity index (χ2n) is 8.23. The standard InChI is InChI=1S/C21H28N2OSi/c1-21(2,3)25(5,6)24-15-17-11-12-22-14-18(17)20-13-16-9-7-8-10-19(16)23(20)4/h7-14H,15H2,1-6H3. The Morgan fingerprint density at radius 2 is 1.84 bits per heavy atom. The Hall–Kier alpha value is -1.91. The van der Waals surface area contributed by atoms with Crippen molar-refractivity contribution in [3.63, 3.8) is 0 Å². The number of aromatic nitrogens is 2. The maximum Gasteiger partial charge on any atom is 0.192 e. The van der Waals surface area contributed by atoms with Gasteiger partial charge in [-0.3, -0.25) is 4.98 Å². The van der Waals surface area contributed by atoms with Gasteiger partial charge in [-0.2, -0.15) is 0 Å². The Morgan fingerprint density at radius 1 is 1.12 bits per heavy atom. The van der Waals surface area contributed by atoms with Crippen molar-refractivity contribution in [2.75, 3.05) is 0 Å². The lowest BCUT2D eigenvalue weighted by molar-refractivity contribution is 0.276. The minimum Gasteiger partial charge on any atom is -0.413 e. The number of nitrogens with zero attached hydrogens (tertiary/aromatic N) is 2. The van der Waals surface area contributed by atoms with Gasteiger partial charge in [0.05, 0.1) is 12.3 Å². The highest BCUT2D eigenvalue weighted by Gasteiger charge is 2.37. The molecule has 0 saturated carbocycles. The van der Waals surface area contributed by atoms with Crippen LogP contribution in [0.25, 0.3) is 22.2 Å². The molecule has 2 aromatic heterocycles. The smallest absolute Gasteiger partial charge is 0.192 e. The number of para-hydroxylation sites is 1. The van der Waals surface area contributed by atoms with Crippen molar-refractivity contribution < 1.29 is 4.43 Å². The first-order chi connectivity index (χ1) is 11.7. The van der Waals surface area contributed by atoms with Crippen LogP contribution in [0.4, 0.5) is 0 Å². The predicted molar refractivity (Wildman–Crippen MR) is 108 cm³/mol. The molecule has 3 nitrogen and oxygen atoms in total. The molecule has 0 aliphatic heterocycles. The molecule has 0 amide bonds. The zero-order valence-corrected chi connectivity index (χ0v) is 17.1. The molecule has 3 aromatic rings. The lowest BCUT2D eigenvalue weighted by Crippen LogP contribution is -2.40. The van der Waals surface area contributed by atoms with E-state index in [9.17, 15) is 0 Å². The van der Waals surface area contributed by atoms with Gasteiger partial charge in [0.15, 0.2) is 8.32 Å². The van der Waals surface area contributed by atoms with Gasteiger partial charge in [-0.25, -0.2) is 0 Å². The quantitative estimate of drug-likeness (QED) is 0.558. The predicted octanol–water partition coefficient (Wildman–Crippen LogP) is 5.76. The van der Waals surface area contributed by atoms with Gasteiger partial charge >= 0.3 is 0 Å². The molecule has 0 aliphatic carbocycles. The first-order valence-corrected chi connectivity index (χ1v) is 11.7. The Labute approximate surface area is 151 Å². The number of aryl methyl sites for hydroxylation is 1. The molecule has 0 N–H and O–H groups in total. The minimum atomic E-state index is -1.78. The molecule has 0 radical (unpaired) electrons. The SMILES string of the molecule is Cn1c(-c2cnccc2CO[Si](C)(C)C(C)(C)C)cc2ccccc21. The Morgan fingerprint density at radius 3 is 2.52 bits per heavy atom. The van der Waals surface area contributed by atoms with Gasteiger partial charge in [0.25, 0.3) is 0 Å². The maximum absolute atomic E-state index is 6.46. The fraction of sp³-hybridized carbons (Fsp3) is 0.381. The first-order valence-electron chi connectivity index (χ1n) is 8.82. The molecule has 25 heavy (non-hydrogen) atoms. The summed E-state index contributed by atoms with van der Waals surface area (Å²) >= 11 is 0. The van der Waals surface area contributed by atoms with Crippen LogP contribution in [-0.2, 0) is 18.1 Å². The van der Waals surface area contributed by atoms with Crippen LogP contribution in [0.2, 0.25) is 18.1 Å². The number of pyridine rings is 1. The summed E-state index contributed by atoms with van der Waals surface area (Å²) in [6.07, 6.45) is 3.81. The second-order valence-corrected chi connectivity index (χ2v) is 13.0. The van der Waals surface area contributed by atoms with Crippen LogP contribution in [0.15, 0.2) is 48.8 Å². The van der Waals surface area contributed by atoms with Crippen molar-refractivity contribution in [3.8, 4) is 11.3 Å². The van der Waals surface area contributed by atoms with Crippen LogP contribution in [-0.4, -0.2) is 17.9 Å². The summed E-state index contributed by atoms with van der Waals surface area (Å²) in [5.41, 5.74) is 4.77. The molecule has 0 spiro atoms. The molecule has 0 fully saturated rings. The highest BCUT2D eigenvalue weighted by Crippen LogP contribution is 2.38. The molecule has 0 bridgehead atoms. The van der Waals surface area contributed by atoms with Gasteiger partial charge in [0.1, 0.15) is 0 Å². The van der Waals surface area contributed by atoms with Crippen molar-refractivity contribution in [1.82, 2.24) is 9.55 Å². The first kappa shape index (κ1) is 17.9. The lowest BCUT2D eigenvalue weighted by atomic mass is 10.1. The number of benzene rings is 1. The largest absolute Gasteiger partial charge is 0.413 e. The number of hydrogen-bond donors (Lipinski definition) is 0. The maximum atomic E-state index is 6.46. The third-order valence-electron chi connectivity index (χ3n) is 5.53. The number of fused-ring (bicyclic) bond motifs is 1. The molecular formula is C21H28N2OSi. The molecule has 2 heterocycles. The van der Waals surface area contributed by atoms with Crippen LogP contribution in [0, 0.1) is 0 Å². The highest BCUT2D eigenvalue weighted by atomic mass is 28.4. The number of hydrogen-bond acceptors (Lipinski definition) is 2. The third-order valence-corrected chi connectivity index (χ3v) is 10.0. The molecular weight excluding hydrogens is 324 g/mol. The summed E-state index contributed by atoms with van der Waals surface area (Å²) in [6, 6.07) is 12.8. The average molecular weight is 353 g/mol.